The summed E-state index contributed by atoms with van der Waals surface area (Å²) in [5.41, 5.74) is 2.09. The Hall–Kier alpha value is -1.65. The molecule has 132 valence electrons. The Balaban J connectivity index is 0.00000225. The van der Waals surface area contributed by atoms with Gasteiger partial charge in [-0.15, -0.1) is 0 Å². The summed E-state index contributed by atoms with van der Waals surface area (Å²) in [6.07, 6.45) is 1.68. The van der Waals surface area contributed by atoms with Crippen molar-refractivity contribution in [3.63, 3.8) is 0 Å². The fourth-order valence-corrected chi connectivity index (χ4v) is 2.71. The molecule has 0 spiro atoms. The zero-order valence-electron chi connectivity index (χ0n) is 13.3. The van der Waals surface area contributed by atoms with Gasteiger partial charge in [-0.1, -0.05) is 41.4 Å². The Kier molecular flexibility index (Phi) is 7.66. The van der Waals surface area contributed by atoms with E-state index in [2.05, 4.69) is 5.32 Å². The number of nitrogens with one attached hydrogen (secondary N) is 1. The molecule has 3 aromatic rings. The van der Waals surface area contributed by atoms with Gasteiger partial charge in [0.15, 0.2) is 0 Å². The molecule has 0 saturated carbocycles. The number of hydrogen-bond donors (Lipinski definition) is 1. The maximum absolute atomic E-state index is 6.14. The average molecular weight is 398 g/mol. The van der Waals surface area contributed by atoms with Crippen LogP contribution in [0.1, 0.15) is 16.9 Å². The Morgan fingerprint density at radius 3 is 2.44 bits per heavy atom. The number of benzene rings is 2. The maximum atomic E-state index is 6.14. The third-order valence-electron chi connectivity index (χ3n) is 3.54. The highest BCUT2D eigenvalue weighted by atomic mass is 35.5. The third-order valence-corrected chi connectivity index (χ3v) is 4.13. The van der Waals surface area contributed by atoms with E-state index in [1.807, 2.05) is 42.5 Å². The van der Waals surface area contributed by atoms with E-state index < -0.39 is 0 Å². The van der Waals surface area contributed by atoms with E-state index in [1.54, 1.807) is 18.4 Å². The lowest BCUT2D eigenvalue weighted by Gasteiger charge is -2.09. The third kappa shape index (κ3) is 5.98. The molecule has 1 heterocycles. The average Bonchev–Trinajstić information content (AvgIpc) is 3.09. The van der Waals surface area contributed by atoms with Crippen LogP contribution in [0.3, 0.4) is 0 Å². The van der Waals surface area contributed by atoms with Gasteiger partial charge in [0.05, 0.1) is 12.8 Å². The quantitative estimate of drug-likeness (QED) is 0.665. The highest BCUT2D eigenvalue weighted by molar-refractivity contribution is 6.35. The molecule has 0 amide bonds. The number of hydrogen-bond acceptors (Lipinski definition) is 3. The molecule has 0 bridgehead atoms. The molecule has 1 N–H and O–H groups in total. The van der Waals surface area contributed by atoms with Crippen LogP contribution in [0.15, 0.2) is 65.3 Å². The molecular formula is C19H17Cl3NO2-. The first kappa shape index (κ1) is 19.7. The van der Waals surface area contributed by atoms with Crippen molar-refractivity contribution in [2.45, 2.75) is 19.7 Å². The van der Waals surface area contributed by atoms with Crippen LogP contribution in [0.2, 0.25) is 10.0 Å². The van der Waals surface area contributed by atoms with E-state index in [1.165, 1.54) is 5.56 Å². The molecule has 0 radical (unpaired) electrons. The zero-order valence-corrected chi connectivity index (χ0v) is 15.6. The molecule has 0 fully saturated rings. The molecule has 1 aromatic heterocycles. The van der Waals surface area contributed by atoms with E-state index in [9.17, 15) is 0 Å². The van der Waals surface area contributed by atoms with Crippen LogP contribution in [0.4, 0.5) is 0 Å². The molecule has 0 atom stereocenters. The van der Waals surface area contributed by atoms with E-state index in [0.717, 1.165) is 23.6 Å². The molecule has 0 aliphatic carbocycles. The Labute approximate surface area is 163 Å². The van der Waals surface area contributed by atoms with Crippen molar-refractivity contribution >= 4 is 23.2 Å². The number of ether oxygens (including phenoxy) is 1. The summed E-state index contributed by atoms with van der Waals surface area (Å²) in [5, 5.41) is 4.56. The molecule has 0 unspecified atom stereocenters. The van der Waals surface area contributed by atoms with Gasteiger partial charge in [0.2, 0.25) is 0 Å². The van der Waals surface area contributed by atoms with Crippen molar-refractivity contribution in [3.8, 4) is 5.75 Å². The van der Waals surface area contributed by atoms with Gasteiger partial charge in [-0.25, -0.2) is 0 Å². The molecule has 3 rings (SSSR count). The van der Waals surface area contributed by atoms with Crippen LogP contribution < -0.4 is 22.5 Å². The van der Waals surface area contributed by atoms with Gasteiger partial charge in [-0.3, -0.25) is 0 Å². The summed E-state index contributed by atoms with van der Waals surface area (Å²) in [4.78, 5) is 0. The van der Waals surface area contributed by atoms with Crippen molar-refractivity contribution in [2.75, 3.05) is 0 Å². The SMILES string of the molecule is Clc1ccc(COc2ccc(CNCc3ccco3)cc2)c(Cl)c1.[Cl-]. The van der Waals surface area contributed by atoms with E-state index >= 15 is 0 Å². The van der Waals surface area contributed by atoms with Crippen molar-refractivity contribution in [2.24, 2.45) is 0 Å². The van der Waals surface area contributed by atoms with Gasteiger partial charge in [-0.2, -0.15) is 0 Å². The van der Waals surface area contributed by atoms with Gasteiger partial charge >= 0.3 is 0 Å². The second kappa shape index (κ2) is 9.73. The Bertz CT molecular complexity index is 774. The summed E-state index contributed by atoms with van der Waals surface area (Å²) in [5.74, 6) is 1.73. The molecule has 0 aliphatic rings. The van der Waals surface area contributed by atoms with Crippen LogP contribution in [0.25, 0.3) is 0 Å². The second-order valence-electron chi connectivity index (χ2n) is 5.35. The number of rotatable bonds is 7. The molecule has 6 heteroatoms. The number of furan rings is 1. The summed E-state index contributed by atoms with van der Waals surface area (Å²) in [7, 11) is 0. The maximum Gasteiger partial charge on any atom is 0.119 e. The highest BCUT2D eigenvalue weighted by Gasteiger charge is 2.03. The van der Waals surface area contributed by atoms with Crippen molar-refractivity contribution < 1.29 is 21.6 Å². The second-order valence-corrected chi connectivity index (χ2v) is 6.19. The van der Waals surface area contributed by atoms with Gasteiger partial charge in [0, 0.05) is 22.2 Å². The molecule has 25 heavy (non-hydrogen) atoms. The lowest BCUT2D eigenvalue weighted by molar-refractivity contribution is -0.00000554. The monoisotopic (exact) mass is 396 g/mol. The molecule has 3 nitrogen and oxygen atoms in total. The normalized spacial score (nSPS) is 10.3. The first-order chi connectivity index (χ1) is 11.7. The van der Waals surface area contributed by atoms with Crippen molar-refractivity contribution in [1.29, 1.82) is 0 Å². The van der Waals surface area contributed by atoms with E-state index in [4.69, 9.17) is 32.4 Å². The fraction of sp³-hybridized carbons (Fsp3) is 0.158. The minimum atomic E-state index is 0. The summed E-state index contributed by atoms with van der Waals surface area (Å²) < 4.78 is 11.0. The van der Waals surface area contributed by atoms with Crippen LogP contribution in [0, 0.1) is 0 Å². The standard InChI is InChI=1S/C19H17Cl2NO2.ClH/c20-16-6-5-15(19(21)10-16)13-24-17-7-3-14(4-8-17)11-22-12-18-2-1-9-23-18;/h1-10,22H,11-13H2;1H/p-1. The first-order valence-electron chi connectivity index (χ1n) is 7.59. The Morgan fingerprint density at radius 1 is 0.960 bits per heavy atom. The predicted octanol–water partition coefficient (Wildman–Crippen LogP) is 2.46. The lowest BCUT2D eigenvalue weighted by Crippen LogP contribution is -3.00. The smallest absolute Gasteiger partial charge is 0.119 e. The van der Waals surface area contributed by atoms with E-state index in [-0.39, 0.29) is 12.4 Å². The molecular weight excluding hydrogens is 381 g/mol. The van der Waals surface area contributed by atoms with Gasteiger partial charge in [0.25, 0.3) is 0 Å². The zero-order chi connectivity index (χ0) is 16.8. The van der Waals surface area contributed by atoms with Gasteiger partial charge < -0.3 is 26.9 Å². The minimum absolute atomic E-state index is 0. The Morgan fingerprint density at radius 2 is 1.76 bits per heavy atom. The van der Waals surface area contributed by atoms with Crippen molar-refractivity contribution in [1.82, 2.24) is 5.32 Å². The molecule has 2 aromatic carbocycles. The van der Waals surface area contributed by atoms with Gasteiger partial charge in [-0.05, 0) is 42.0 Å². The van der Waals surface area contributed by atoms with Crippen molar-refractivity contribution in [3.05, 3.63) is 87.8 Å². The summed E-state index contributed by atoms with van der Waals surface area (Å²) >= 11 is 12.0. The molecule has 0 aliphatic heterocycles. The molecule has 0 saturated heterocycles. The topological polar surface area (TPSA) is 34.4 Å². The first-order valence-corrected chi connectivity index (χ1v) is 8.35. The minimum Gasteiger partial charge on any atom is -1.00 e. The summed E-state index contributed by atoms with van der Waals surface area (Å²) in [6.45, 7) is 1.89. The lowest BCUT2D eigenvalue weighted by atomic mass is 10.2. The fourth-order valence-electron chi connectivity index (χ4n) is 2.25. The van der Waals surface area contributed by atoms with E-state index in [0.29, 0.717) is 23.2 Å². The van der Waals surface area contributed by atoms with Crippen LogP contribution >= 0.6 is 23.2 Å². The van der Waals surface area contributed by atoms with Crippen LogP contribution in [-0.4, -0.2) is 0 Å². The predicted molar refractivity (Wildman–Crippen MR) is 96.5 cm³/mol. The van der Waals surface area contributed by atoms with Crippen LogP contribution in [-0.2, 0) is 19.7 Å². The van der Waals surface area contributed by atoms with Crippen LogP contribution in [0.5, 0.6) is 5.75 Å². The number of halogens is 3. The highest BCUT2D eigenvalue weighted by Crippen LogP contribution is 2.22. The van der Waals surface area contributed by atoms with Gasteiger partial charge in [0.1, 0.15) is 18.1 Å². The largest absolute Gasteiger partial charge is 1.00 e. The summed E-state index contributed by atoms with van der Waals surface area (Å²) in [6, 6.07) is 17.2.